The Morgan fingerprint density at radius 3 is 2.90 bits per heavy atom. The lowest BCUT2D eigenvalue weighted by Gasteiger charge is -2.34. The van der Waals surface area contributed by atoms with Gasteiger partial charge < -0.3 is 14.7 Å². The molecule has 0 bridgehead atoms. The summed E-state index contributed by atoms with van der Waals surface area (Å²) in [5, 5.41) is 23.3. The molecule has 8 nitrogen and oxygen atoms in total. The molecule has 5 rings (SSSR count). The maximum atomic E-state index is 10.9. The fraction of sp³-hybridized carbons (Fsp3) is 0.500. The molecule has 3 aromatic heterocycles. The fourth-order valence-electron chi connectivity index (χ4n) is 4.29. The number of rotatable bonds is 2. The van der Waals surface area contributed by atoms with Gasteiger partial charge in [-0.2, -0.15) is 14.9 Å². The van der Waals surface area contributed by atoms with E-state index in [-0.39, 0.29) is 6.04 Å². The van der Waals surface area contributed by atoms with Crippen molar-refractivity contribution in [3.8, 4) is 17.7 Å². The second-order valence-corrected chi connectivity index (χ2v) is 8.21. The van der Waals surface area contributed by atoms with Crippen molar-refractivity contribution in [2.75, 3.05) is 24.7 Å². The molecule has 1 aliphatic heterocycles. The van der Waals surface area contributed by atoms with Crippen LogP contribution in [0.15, 0.2) is 24.5 Å². The monoisotopic (exact) mass is 406 g/mol. The zero-order chi connectivity index (χ0) is 20.6. The van der Waals surface area contributed by atoms with Gasteiger partial charge in [0.1, 0.15) is 11.4 Å². The van der Waals surface area contributed by atoms with E-state index in [2.05, 4.69) is 39.0 Å². The number of morpholine rings is 1. The van der Waals surface area contributed by atoms with Gasteiger partial charge in [-0.3, -0.25) is 5.10 Å². The number of anilines is 1. The molecule has 3 aromatic rings. The first-order valence-electron chi connectivity index (χ1n) is 10.6. The molecule has 1 saturated heterocycles. The lowest BCUT2D eigenvalue weighted by Crippen LogP contribution is -2.44. The Labute approximate surface area is 175 Å². The summed E-state index contributed by atoms with van der Waals surface area (Å²) in [6.45, 7) is 4.24. The Kier molecular flexibility index (Phi) is 4.93. The summed E-state index contributed by atoms with van der Waals surface area (Å²) in [5.74, 6) is 7.96. The standard InChI is InChI=1S/C22H26N6O2/c1-16-15-30-12-11-27(16)20-13-17(5-9-22(29)7-3-2-4-8-22)18-14-24-28(21(18)25-20)19-6-10-23-26-19/h6,10,13-14,16,29H,2-4,7-8,11-12,15H2,1H3,(H,23,26). The Hall–Kier alpha value is -2.89. The molecule has 1 aliphatic carbocycles. The van der Waals surface area contributed by atoms with Crippen LogP contribution in [0.4, 0.5) is 5.82 Å². The number of aliphatic hydroxyl groups is 1. The van der Waals surface area contributed by atoms with Crippen LogP contribution in [-0.2, 0) is 4.74 Å². The minimum Gasteiger partial charge on any atom is -0.378 e. The number of aromatic amines is 1. The highest BCUT2D eigenvalue weighted by atomic mass is 16.5. The van der Waals surface area contributed by atoms with Gasteiger partial charge in [-0.15, -0.1) is 0 Å². The molecule has 0 radical (unpaired) electrons. The van der Waals surface area contributed by atoms with Crippen molar-refractivity contribution in [2.24, 2.45) is 0 Å². The van der Waals surface area contributed by atoms with Crippen molar-refractivity contribution in [1.82, 2.24) is 25.0 Å². The topological polar surface area (TPSA) is 92.1 Å². The van der Waals surface area contributed by atoms with Gasteiger partial charge in [0, 0.05) is 24.4 Å². The van der Waals surface area contributed by atoms with Crippen molar-refractivity contribution in [2.45, 2.75) is 50.7 Å². The predicted molar refractivity (Wildman–Crippen MR) is 114 cm³/mol. The first-order chi connectivity index (χ1) is 14.6. The highest BCUT2D eigenvalue weighted by Gasteiger charge is 2.27. The summed E-state index contributed by atoms with van der Waals surface area (Å²) < 4.78 is 7.32. The Balaban J connectivity index is 1.63. The maximum Gasteiger partial charge on any atom is 0.177 e. The van der Waals surface area contributed by atoms with Crippen LogP contribution in [0.2, 0.25) is 0 Å². The van der Waals surface area contributed by atoms with Gasteiger partial charge in [-0.1, -0.05) is 18.3 Å². The van der Waals surface area contributed by atoms with Crippen molar-refractivity contribution in [3.05, 3.63) is 30.1 Å². The summed E-state index contributed by atoms with van der Waals surface area (Å²) >= 11 is 0. The third-order valence-electron chi connectivity index (χ3n) is 6.00. The van der Waals surface area contributed by atoms with Crippen LogP contribution in [0.3, 0.4) is 0 Å². The first kappa shape index (κ1) is 19.1. The minimum absolute atomic E-state index is 0.216. The predicted octanol–water partition coefficient (Wildman–Crippen LogP) is 2.42. The average molecular weight is 406 g/mol. The number of pyridine rings is 1. The number of aromatic nitrogens is 5. The van der Waals surface area contributed by atoms with E-state index < -0.39 is 5.60 Å². The summed E-state index contributed by atoms with van der Waals surface area (Å²) in [6.07, 6.45) is 8.20. The van der Waals surface area contributed by atoms with Crippen LogP contribution in [0.1, 0.15) is 44.6 Å². The van der Waals surface area contributed by atoms with E-state index in [1.807, 2.05) is 12.1 Å². The third-order valence-corrected chi connectivity index (χ3v) is 6.00. The largest absolute Gasteiger partial charge is 0.378 e. The molecule has 156 valence electrons. The fourth-order valence-corrected chi connectivity index (χ4v) is 4.29. The number of nitrogens with one attached hydrogen (secondary N) is 1. The molecule has 1 atom stereocenters. The van der Waals surface area contributed by atoms with E-state index in [0.29, 0.717) is 24.7 Å². The van der Waals surface area contributed by atoms with Crippen LogP contribution in [0.5, 0.6) is 0 Å². The number of nitrogens with zero attached hydrogens (tertiary/aromatic N) is 5. The molecule has 2 fully saturated rings. The van der Waals surface area contributed by atoms with E-state index in [1.54, 1.807) is 17.1 Å². The molecular weight excluding hydrogens is 380 g/mol. The van der Waals surface area contributed by atoms with Gasteiger partial charge in [-0.05, 0) is 38.7 Å². The smallest absolute Gasteiger partial charge is 0.177 e. The van der Waals surface area contributed by atoms with Crippen LogP contribution in [0, 0.1) is 11.8 Å². The quantitative estimate of drug-likeness (QED) is 0.635. The Morgan fingerprint density at radius 1 is 1.27 bits per heavy atom. The molecule has 2 N–H and O–H groups in total. The molecule has 0 amide bonds. The number of H-pyrrole nitrogens is 1. The normalized spacial score (nSPS) is 21.4. The lowest BCUT2D eigenvalue weighted by atomic mass is 9.85. The van der Waals surface area contributed by atoms with Crippen LogP contribution < -0.4 is 4.90 Å². The highest BCUT2D eigenvalue weighted by molar-refractivity contribution is 5.85. The summed E-state index contributed by atoms with van der Waals surface area (Å²) in [7, 11) is 0. The Morgan fingerprint density at radius 2 is 2.13 bits per heavy atom. The molecule has 1 unspecified atom stereocenters. The van der Waals surface area contributed by atoms with E-state index in [9.17, 15) is 5.11 Å². The highest BCUT2D eigenvalue weighted by Crippen LogP contribution is 2.29. The molecule has 0 spiro atoms. The number of fused-ring (bicyclic) bond motifs is 1. The van der Waals surface area contributed by atoms with Gasteiger partial charge >= 0.3 is 0 Å². The number of hydrogen-bond donors (Lipinski definition) is 2. The van der Waals surface area contributed by atoms with E-state index in [0.717, 1.165) is 49.0 Å². The second kappa shape index (κ2) is 7.74. The maximum absolute atomic E-state index is 10.9. The molecule has 0 aromatic carbocycles. The van der Waals surface area contributed by atoms with Gasteiger partial charge in [0.05, 0.1) is 30.8 Å². The lowest BCUT2D eigenvalue weighted by molar-refractivity contribution is 0.0610. The van der Waals surface area contributed by atoms with Crippen LogP contribution in [0.25, 0.3) is 16.9 Å². The molecule has 2 aliphatic rings. The van der Waals surface area contributed by atoms with Crippen LogP contribution in [-0.4, -0.2) is 61.5 Å². The minimum atomic E-state index is -0.904. The zero-order valence-corrected chi connectivity index (χ0v) is 17.1. The van der Waals surface area contributed by atoms with Crippen molar-refractivity contribution < 1.29 is 9.84 Å². The first-order valence-corrected chi connectivity index (χ1v) is 10.6. The van der Waals surface area contributed by atoms with Gasteiger partial charge in [0.2, 0.25) is 0 Å². The van der Waals surface area contributed by atoms with E-state index >= 15 is 0 Å². The molecule has 4 heterocycles. The second-order valence-electron chi connectivity index (χ2n) is 8.21. The summed E-state index contributed by atoms with van der Waals surface area (Å²) in [6, 6.07) is 4.09. The van der Waals surface area contributed by atoms with Crippen molar-refractivity contribution in [1.29, 1.82) is 0 Å². The third kappa shape index (κ3) is 3.55. The van der Waals surface area contributed by atoms with E-state index in [1.165, 1.54) is 6.42 Å². The molecule has 8 heteroatoms. The summed E-state index contributed by atoms with van der Waals surface area (Å²) in [4.78, 5) is 7.17. The Bertz CT molecular complexity index is 1090. The SMILES string of the molecule is CC1COCCN1c1cc(C#CC2(O)CCCCC2)c2cnn(-c3cc[nH]n3)c2n1. The van der Waals surface area contributed by atoms with Gasteiger partial charge in [0.15, 0.2) is 11.5 Å². The van der Waals surface area contributed by atoms with Crippen molar-refractivity contribution >= 4 is 16.9 Å². The zero-order valence-electron chi connectivity index (χ0n) is 17.1. The average Bonchev–Trinajstić information content (AvgIpc) is 3.42. The number of ether oxygens (including phenoxy) is 1. The van der Waals surface area contributed by atoms with E-state index in [4.69, 9.17) is 9.72 Å². The molecular formula is C22H26N6O2. The van der Waals surface area contributed by atoms with Gasteiger partial charge in [0.25, 0.3) is 0 Å². The number of hydrogen-bond acceptors (Lipinski definition) is 6. The molecule has 1 saturated carbocycles. The van der Waals surface area contributed by atoms with Gasteiger partial charge in [-0.25, -0.2) is 4.98 Å². The molecule has 30 heavy (non-hydrogen) atoms. The van der Waals surface area contributed by atoms with Crippen molar-refractivity contribution in [3.63, 3.8) is 0 Å². The van der Waals surface area contributed by atoms with Crippen LogP contribution >= 0.6 is 0 Å². The summed E-state index contributed by atoms with van der Waals surface area (Å²) in [5.41, 5.74) is 0.631.